The number of nitrogens with one attached hydrogen (secondary N) is 1. The smallest absolute Gasteiger partial charge is 0.274 e. The zero-order valence-corrected chi connectivity index (χ0v) is 15.4. The molecule has 0 bridgehead atoms. The fourth-order valence-corrected chi connectivity index (χ4v) is 4.40. The second-order valence-electron chi connectivity index (χ2n) is 6.58. The minimum absolute atomic E-state index is 0.128. The van der Waals surface area contributed by atoms with E-state index in [2.05, 4.69) is 21.3 Å². The third-order valence-electron chi connectivity index (χ3n) is 4.93. The highest BCUT2D eigenvalue weighted by atomic mass is 32.1. The monoisotopic (exact) mass is 386 g/mol. The zero-order chi connectivity index (χ0) is 18.8. The number of hydroxylamine groups is 1. The number of nitrogens with zero attached hydrogens (tertiary/aromatic N) is 3. The number of hydrogen-bond acceptors (Lipinski definition) is 6. The number of hydrogen-bond donors (Lipinski definition) is 2. The van der Waals surface area contributed by atoms with E-state index < -0.39 is 11.7 Å². The summed E-state index contributed by atoms with van der Waals surface area (Å²) in [5.74, 6) is -0.898. The van der Waals surface area contributed by atoms with Gasteiger partial charge in [-0.05, 0) is 42.2 Å². The van der Waals surface area contributed by atoms with Gasteiger partial charge >= 0.3 is 0 Å². The van der Waals surface area contributed by atoms with E-state index in [1.807, 2.05) is 6.08 Å². The van der Waals surface area contributed by atoms with Crippen molar-refractivity contribution in [3.63, 3.8) is 0 Å². The molecular weight excluding hydrogens is 367 g/mol. The number of aliphatic imine (C=N–C) groups is 1. The standard InChI is InChI=1S/C19H19FN4O2S/c20-16-9-14(18(25)23-26)8-12-3-6-24(7-4-15(12)16)19-22-17(11-27-19)13-2-1-5-21-10-13/h1-2,5,8-9,11,13,26H,3-4,6-7,10H2,(H,23,25). The Hall–Kier alpha value is -2.58. The molecule has 1 aromatic carbocycles. The molecule has 4 rings (SSSR count). The van der Waals surface area contributed by atoms with Crippen LogP contribution < -0.4 is 10.4 Å². The number of amides is 1. The molecule has 6 nitrogen and oxygen atoms in total. The molecule has 1 amide bonds. The van der Waals surface area contributed by atoms with E-state index in [1.165, 1.54) is 6.07 Å². The van der Waals surface area contributed by atoms with Crippen LogP contribution in [0.1, 0.15) is 33.1 Å². The van der Waals surface area contributed by atoms with Crippen molar-refractivity contribution in [2.24, 2.45) is 4.99 Å². The number of rotatable bonds is 3. The van der Waals surface area contributed by atoms with E-state index in [4.69, 9.17) is 10.2 Å². The highest BCUT2D eigenvalue weighted by Crippen LogP contribution is 2.29. The van der Waals surface area contributed by atoms with E-state index in [1.54, 1.807) is 29.1 Å². The van der Waals surface area contributed by atoms with Gasteiger partial charge in [0.1, 0.15) is 5.82 Å². The van der Waals surface area contributed by atoms with Crippen LogP contribution in [0.15, 0.2) is 34.7 Å². The van der Waals surface area contributed by atoms with Gasteiger partial charge in [-0.15, -0.1) is 11.3 Å². The number of thiazole rings is 1. The molecule has 3 heterocycles. The van der Waals surface area contributed by atoms with Gasteiger partial charge in [-0.3, -0.25) is 15.0 Å². The minimum Gasteiger partial charge on any atom is -0.347 e. The number of anilines is 1. The Morgan fingerprint density at radius 2 is 2.19 bits per heavy atom. The number of aromatic nitrogens is 1. The molecule has 0 radical (unpaired) electrons. The fourth-order valence-electron chi connectivity index (χ4n) is 3.46. The van der Waals surface area contributed by atoms with Crippen LogP contribution in [0.2, 0.25) is 0 Å². The molecule has 8 heteroatoms. The molecule has 2 aromatic rings. The van der Waals surface area contributed by atoms with E-state index in [-0.39, 0.29) is 11.5 Å². The summed E-state index contributed by atoms with van der Waals surface area (Å²) in [5, 5.41) is 11.8. The molecule has 0 saturated carbocycles. The van der Waals surface area contributed by atoms with Crippen LogP contribution in [-0.4, -0.2) is 41.9 Å². The number of fused-ring (bicyclic) bond motifs is 1. The molecular formula is C19H19FN4O2S. The van der Waals surface area contributed by atoms with E-state index in [0.717, 1.165) is 16.4 Å². The molecule has 0 spiro atoms. The van der Waals surface area contributed by atoms with Crippen molar-refractivity contribution in [3.8, 4) is 0 Å². The first-order chi connectivity index (χ1) is 13.2. The summed E-state index contributed by atoms with van der Waals surface area (Å²) >= 11 is 1.59. The molecule has 0 saturated heterocycles. The number of carbonyl (C=O) groups excluding carboxylic acids is 1. The van der Waals surface area contributed by atoms with Gasteiger partial charge in [-0.25, -0.2) is 14.9 Å². The van der Waals surface area contributed by atoms with E-state index in [9.17, 15) is 9.18 Å². The molecule has 0 aliphatic carbocycles. The van der Waals surface area contributed by atoms with Gasteiger partial charge in [0.25, 0.3) is 5.91 Å². The lowest BCUT2D eigenvalue weighted by atomic mass is 9.99. The van der Waals surface area contributed by atoms with Crippen LogP contribution in [0.4, 0.5) is 9.52 Å². The number of benzene rings is 1. The number of carbonyl (C=O) groups is 1. The van der Waals surface area contributed by atoms with Crippen molar-refractivity contribution in [2.75, 3.05) is 24.5 Å². The normalized spacial score (nSPS) is 18.9. The summed E-state index contributed by atoms with van der Waals surface area (Å²) in [4.78, 5) is 22.8. The average molecular weight is 386 g/mol. The largest absolute Gasteiger partial charge is 0.347 e. The number of allylic oxidation sites excluding steroid dienone is 1. The van der Waals surface area contributed by atoms with Gasteiger partial charge in [0.15, 0.2) is 5.13 Å². The van der Waals surface area contributed by atoms with Crippen molar-refractivity contribution < 1.29 is 14.4 Å². The van der Waals surface area contributed by atoms with Gasteiger partial charge in [0, 0.05) is 36.2 Å². The van der Waals surface area contributed by atoms with E-state index in [0.29, 0.717) is 38.0 Å². The fraction of sp³-hybridized carbons (Fsp3) is 0.316. The second kappa shape index (κ2) is 7.58. The van der Waals surface area contributed by atoms with Gasteiger partial charge in [0.05, 0.1) is 12.2 Å². The molecule has 1 aromatic heterocycles. The Morgan fingerprint density at radius 3 is 2.96 bits per heavy atom. The lowest BCUT2D eigenvalue weighted by Gasteiger charge is -2.19. The third-order valence-corrected chi connectivity index (χ3v) is 5.85. The lowest BCUT2D eigenvalue weighted by molar-refractivity contribution is 0.0705. The van der Waals surface area contributed by atoms with Gasteiger partial charge in [-0.1, -0.05) is 6.08 Å². The summed E-state index contributed by atoms with van der Waals surface area (Å²) in [6.45, 7) is 2.08. The topological polar surface area (TPSA) is 77.8 Å². The molecule has 27 heavy (non-hydrogen) atoms. The van der Waals surface area contributed by atoms with Crippen LogP contribution >= 0.6 is 11.3 Å². The van der Waals surface area contributed by atoms with Crippen molar-refractivity contribution in [1.82, 2.24) is 10.5 Å². The number of halogens is 1. The highest BCUT2D eigenvalue weighted by molar-refractivity contribution is 7.13. The Bertz CT molecular complexity index is 924. The van der Waals surface area contributed by atoms with Crippen molar-refractivity contribution in [1.29, 1.82) is 0 Å². The molecule has 140 valence electrons. The Labute approximate surface area is 160 Å². The molecule has 2 N–H and O–H groups in total. The highest BCUT2D eigenvalue weighted by Gasteiger charge is 2.22. The van der Waals surface area contributed by atoms with E-state index >= 15 is 0 Å². The maximum absolute atomic E-state index is 14.5. The molecule has 2 aliphatic heterocycles. The maximum Gasteiger partial charge on any atom is 0.274 e. The Morgan fingerprint density at radius 1 is 1.33 bits per heavy atom. The molecule has 2 aliphatic rings. The summed E-state index contributed by atoms with van der Waals surface area (Å²) in [5.41, 5.74) is 4.14. The second-order valence-corrected chi connectivity index (χ2v) is 7.42. The van der Waals surface area contributed by atoms with Crippen LogP contribution in [0.5, 0.6) is 0 Å². The van der Waals surface area contributed by atoms with Crippen LogP contribution in [0.25, 0.3) is 0 Å². The van der Waals surface area contributed by atoms with Crippen molar-refractivity contribution in [3.05, 3.63) is 57.9 Å². The SMILES string of the molecule is O=C(NO)c1cc(F)c2c(c1)CCN(c1nc(C3C=CC=NC3)cs1)CC2. The zero-order valence-electron chi connectivity index (χ0n) is 14.6. The molecule has 1 atom stereocenters. The minimum atomic E-state index is -0.703. The molecule has 1 unspecified atom stereocenters. The summed E-state index contributed by atoms with van der Waals surface area (Å²) in [6, 6.07) is 2.84. The Balaban J connectivity index is 1.52. The predicted octanol–water partition coefficient (Wildman–Crippen LogP) is 2.73. The number of dihydropyridines is 1. The van der Waals surface area contributed by atoms with Crippen LogP contribution in [0.3, 0.4) is 0 Å². The first-order valence-electron chi connectivity index (χ1n) is 8.78. The first kappa shape index (κ1) is 17.8. The van der Waals surface area contributed by atoms with Gasteiger partial charge < -0.3 is 4.90 Å². The van der Waals surface area contributed by atoms with Crippen molar-refractivity contribution >= 4 is 28.6 Å². The van der Waals surface area contributed by atoms with Crippen LogP contribution in [-0.2, 0) is 12.8 Å². The van der Waals surface area contributed by atoms with Crippen LogP contribution in [0, 0.1) is 5.82 Å². The van der Waals surface area contributed by atoms with Crippen molar-refractivity contribution in [2.45, 2.75) is 18.8 Å². The summed E-state index contributed by atoms with van der Waals surface area (Å²) in [7, 11) is 0. The third kappa shape index (κ3) is 3.63. The first-order valence-corrected chi connectivity index (χ1v) is 9.66. The summed E-state index contributed by atoms with van der Waals surface area (Å²) in [6.07, 6.45) is 7.01. The lowest BCUT2D eigenvalue weighted by Crippen LogP contribution is -2.26. The average Bonchev–Trinajstić information content (AvgIpc) is 3.09. The quantitative estimate of drug-likeness (QED) is 0.628. The van der Waals surface area contributed by atoms with Gasteiger partial charge in [0.2, 0.25) is 0 Å². The van der Waals surface area contributed by atoms with Gasteiger partial charge in [-0.2, -0.15) is 0 Å². The Kier molecular flexibility index (Phi) is 5.00. The summed E-state index contributed by atoms with van der Waals surface area (Å²) < 4.78 is 14.5. The molecule has 0 fully saturated rings. The maximum atomic E-state index is 14.5. The predicted molar refractivity (Wildman–Crippen MR) is 103 cm³/mol.